The third kappa shape index (κ3) is 5.36. The lowest BCUT2D eigenvalue weighted by atomic mass is 9.95. The SMILES string of the molecule is Cc1nnc(CN(C)CC2CCN(C[C@@H](O)c3ccccc3)CC2)o1. The molecular formula is C19H28N4O2. The van der Waals surface area contributed by atoms with Gasteiger partial charge in [-0.1, -0.05) is 30.3 Å². The predicted molar refractivity (Wildman–Crippen MR) is 95.9 cm³/mol. The number of aliphatic hydroxyl groups excluding tert-OH is 1. The highest BCUT2D eigenvalue weighted by molar-refractivity contribution is 5.17. The lowest BCUT2D eigenvalue weighted by molar-refractivity contribution is 0.0818. The predicted octanol–water partition coefficient (Wildman–Crippen LogP) is 2.26. The molecule has 1 fully saturated rings. The second-order valence-electron chi connectivity index (χ2n) is 7.08. The number of rotatable bonds is 7. The van der Waals surface area contributed by atoms with Gasteiger partial charge in [0.25, 0.3) is 0 Å². The number of piperidine rings is 1. The molecule has 0 amide bonds. The molecule has 0 radical (unpaired) electrons. The third-order valence-corrected chi connectivity index (χ3v) is 4.87. The smallest absolute Gasteiger partial charge is 0.230 e. The highest BCUT2D eigenvalue weighted by atomic mass is 16.4. The molecule has 0 spiro atoms. The summed E-state index contributed by atoms with van der Waals surface area (Å²) in [4.78, 5) is 4.63. The van der Waals surface area contributed by atoms with Crippen molar-refractivity contribution in [2.45, 2.75) is 32.4 Å². The quantitative estimate of drug-likeness (QED) is 0.831. The summed E-state index contributed by atoms with van der Waals surface area (Å²) >= 11 is 0. The molecule has 136 valence electrons. The molecule has 0 unspecified atom stereocenters. The van der Waals surface area contributed by atoms with E-state index in [1.165, 1.54) is 0 Å². The molecule has 0 saturated carbocycles. The van der Waals surface area contributed by atoms with Crippen molar-refractivity contribution in [2.75, 3.05) is 33.2 Å². The van der Waals surface area contributed by atoms with E-state index in [-0.39, 0.29) is 0 Å². The summed E-state index contributed by atoms with van der Waals surface area (Å²) in [5.41, 5.74) is 0.999. The van der Waals surface area contributed by atoms with E-state index >= 15 is 0 Å². The van der Waals surface area contributed by atoms with Crippen molar-refractivity contribution in [2.24, 2.45) is 5.92 Å². The van der Waals surface area contributed by atoms with Gasteiger partial charge in [0, 0.05) is 20.0 Å². The number of aliphatic hydroxyl groups is 1. The molecular weight excluding hydrogens is 316 g/mol. The Hall–Kier alpha value is -1.76. The normalized spacial score (nSPS) is 17.9. The van der Waals surface area contributed by atoms with Gasteiger partial charge in [-0.2, -0.15) is 0 Å². The van der Waals surface area contributed by atoms with Crippen LogP contribution in [0.4, 0.5) is 0 Å². The Kier molecular flexibility index (Phi) is 6.18. The topological polar surface area (TPSA) is 65.6 Å². The zero-order chi connectivity index (χ0) is 17.6. The van der Waals surface area contributed by atoms with Crippen molar-refractivity contribution < 1.29 is 9.52 Å². The molecule has 1 aliphatic rings. The zero-order valence-electron chi connectivity index (χ0n) is 15.1. The summed E-state index contributed by atoms with van der Waals surface area (Å²) in [6, 6.07) is 9.92. The number of β-amino-alcohol motifs (C(OH)–C–C–N with tert-alkyl or cyclic N) is 1. The molecule has 2 aromatic rings. The molecule has 25 heavy (non-hydrogen) atoms. The van der Waals surface area contributed by atoms with E-state index in [2.05, 4.69) is 27.0 Å². The van der Waals surface area contributed by atoms with Crippen molar-refractivity contribution in [3.05, 3.63) is 47.7 Å². The van der Waals surface area contributed by atoms with Crippen LogP contribution >= 0.6 is 0 Å². The molecule has 6 heteroatoms. The monoisotopic (exact) mass is 344 g/mol. The number of aryl methyl sites for hydroxylation is 1. The Morgan fingerprint density at radius 2 is 1.96 bits per heavy atom. The summed E-state index contributed by atoms with van der Waals surface area (Å²) in [6.45, 7) is 6.36. The molecule has 0 aliphatic carbocycles. The van der Waals surface area contributed by atoms with Crippen molar-refractivity contribution in [3.8, 4) is 0 Å². The number of benzene rings is 1. The fourth-order valence-electron chi connectivity index (χ4n) is 3.51. The first-order valence-electron chi connectivity index (χ1n) is 9.03. The first-order chi connectivity index (χ1) is 12.1. The number of hydrogen-bond acceptors (Lipinski definition) is 6. The van der Waals surface area contributed by atoms with E-state index < -0.39 is 6.10 Å². The maximum absolute atomic E-state index is 10.4. The first kappa shape index (κ1) is 18.0. The fourth-order valence-corrected chi connectivity index (χ4v) is 3.51. The van der Waals surface area contributed by atoms with E-state index in [9.17, 15) is 5.11 Å². The Labute approximate surface area is 149 Å². The fraction of sp³-hybridized carbons (Fsp3) is 0.579. The zero-order valence-corrected chi connectivity index (χ0v) is 15.1. The molecule has 1 aromatic heterocycles. The van der Waals surface area contributed by atoms with Gasteiger partial charge in [-0.25, -0.2) is 0 Å². The maximum atomic E-state index is 10.4. The Morgan fingerprint density at radius 1 is 1.24 bits per heavy atom. The minimum atomic E-state index is -0.402. The van der Waals surface area contributed by atoms with Crippen LogP contribution in [0.3, 0.4) is 0 Å². The van der Waals surface area contributed by atoms with Crippen LogP contribution in [0.2, 0.25) is 0 Å². The molecule has 2 heterocycles. The van der Waals surface area contributed by atoms with Crippen molar-refractivity contribution in [1.29, 1.82) is 0 Å². The first-order valence-corrected chi connectivity index (χ1v) is 9.03. The number of likely N-dealkylation sites (tertiary alicyclic amines) is 1. The van der Waals surface area contributed by atoms with Crippen molar-refractivity contribution in [1.82, 2.24) is 20.0 Å². The average molecular weight is 344 g/mol. The highest BCUT2D eigenvalue weighted by Crippen LogP contribution is 2.21. The summed E-state index contributed by atoms with van der Waals surface area (Å²) in [6.07, 6.45) is 1.92. The van der Waals surface area contributed by atoms with Gasteiger partial charge in [0.05, 0.1) is 12.6 Å². The average Bonchev–Trinajstić information content (AvgIpc) is 3.02. The second-order valence-corrected chi connectivity index (χ2v) is 7.08. The molecule has 0 bridgehead atoms. The summed E-state index contributed by atoms with van der Waals surface area (Å²) in [5.74, 6) is 1.98. The van der Waals surface area contributed by atoms with Crippen molar-refractivity contribution in [3.63, 3.8) is 0 Å². The molecule has 1 N–H and O–H groups in total. The van der Waals surface area contributed by atoms with E-state index in [0.29, 0.717) is 30.8 Å². The van der Waals surface area contributed by atoms with Crippen LogP contribution in [-0.2, 0) is 6.54 Å². The summed E-state index contributed by atoms with van der Waals surface area (Å²) < 4.78 is 5.45. The molecule has 1 aromatic carbocycles. The largest absolute Gasteiger partial charge is 0.424 e. The molecule has 6 nitrogen and oxygen atoms in total. The van der Waals surface area contributed by atoms with E-state index in [4.69, 9.17) is 4.42 Å². The van der Waals surface area contributed by atoms with Gasteiger partial charge in [0.2, 0.25) is 11.8 Å². The van der Waals surface area contributed by atoms with Crippen LogP contribution in [0.1, 0.15) is 36.3 Å². The van der Waals surface area contributed by atoms with Crippen LogP contribution in [0.5, 0.6) is 0 Å². The summed E-state index contributed by atoms with van der Waals surface area (Å²) in [5, 5.41) is 18.3. The van der Waals surface area contributed by atoms with Gasteiger partial charge in [-0.15, -0.1) is 10.2 Å². The van der Waals surface area contributed by atoms with Gasteiger partial charge >= 0.3 is 0 Å². The molecule has 1 aliphatic heterocycles. The van der Waals surface area contributed by atoms with Crippen LogP contribution < -0.4 is 0 Å². The Bertz CT molecular complexity index is 638. The minimum absolute atomic E-state index is 0.402. The van der Waals surface area contributed by atoms with E-state index in [1.54, 1.807) is 0 Å². The number of hydrogen-bond donors (Lipinski definition) is 1. The van der Waals surface area contributed by atoms with E-state index in [1.807, 2.05) is 37.3 Å². The van der Waals surface area contributed by atoms with Crippen LogP contribution in [0, 0.1) is 12.8 Å². The lowest BCUT2D eigenvalue weighted by Crippen LogP contribution is -2.39. The van der Waals surface area contributed by atoms with Gasteiger partial charge in [0.1, 0.15) is 0 Å². The number of aromatic nitrogens is 2. The maximum Gasteiger partial charge on any atom is 0.230 e. The minimum Gasteiger partial charge on any atom is -0.424 e. The van der Waals surface area contributed by atoms with Gasteiger partial charge in [-0.3, -0.25) is 4.90 Å². The highest BCUT2D eigenvalue weighted by Gasteiger charge is 2.22. The Morgan fingerprint density at radius 3 is 2.60 bits per heavy atom. The summed E-state index contributed by atoms with van der Waals surface area (Å²) in [7, 11) is 2.10. The standard InChI is InChI=1S/C19H28N4O2/c1-15-20-21-19(25-15)14-22(2)12-16-8-10-23(11-9-16)13-18(24)17-6-4-3-5-7-17/h3-7,16,18,24H,8-14H2,1-2H3/t18-/m1/s1. The van der Waals surface area contributed by atoms with Crippen LogP contribution in [0.15, 0.2) is 34.7 Å². The lowest BCUT2D eigenvalue weighted by Gasteiger charge is -2.34. The van der Waals surface area contributed by atoms with Crippen LogP contribution in [-0.4, -0.2) is 58.3 Å². The number of nitrogens with zero attached hydrogens (tertiary/aromatic N) is 4. The Balaban J connectivity index is 1.39. The van der Waals surface area contributed by atoms with Gasteiger partial charge in [-0.05, 0) is 44.5 Å². The van der Waals surface area contributed by atoms with Gasteiger partial charge in [0.15, 0.2) is 0 Å². The third-order valence-electron chi connectivity index (χ3n) is 4.87. The molecule has 1 saturated heterocycles. The van der Waals surface area contributed by atoms with E-state index in [0.717, 1.165) is 38.0 Å². The second kappa shape index (κ2) is 8.56. The van der Waals surface area contributed by atoms with Crippen molar-refractivity contribution >= 4 is 0 Å². The molecule has 3 rings (SSSR count). The molecule has 1 atom stereocenters. The van der Waals surface area contributed by atoms with Crippen LogP contribution in [0.25, 0.3) is 0 Å². The van der Waals surface area contributed by atoms with Gasteiger partial charge < -0.3 is 14.4 Å².